The minimum absolute atomic E-state index is 0.236. The molecule has 0 amide bonds. The van der Waals surface area contributed by atoms with Gasteiger partial charge in [-0.3, -0.25) is 4.79 Å². The summed E-state index contributed by atoms with van der Waals surface area (Å²) in [6.07, 6.45) is 1.01. The summed E-state index contributed by atoms with van der Waals surface area (Å²) in [5.74, 6) is -1.41. The predicted molar refractivity (Wildman–Crippen MR) is 66.3 cm³/mol. The summed E-state index contributed by atoms with van der Waals surface area (Å²) in [6, 6.07) is 5.67. The van der Waals surface area contributed by atoms with Gasteiger partial charge in [-0.2, -0.15) is 0 Å². The number of nitrogens with two attached hydrogens (primary N) is 1. The van der Waals surface area contributed by atoms with E-state index in [0.29, 0.717) is 12.2 Å². The lowest BCUT2D eigenvalue weighted by atomic mass is 10.0. The molecule has 0 fully saturated rings. The molecule has 0 heterocycles. The number of ether oxygens (including phenoxy) is 1. The van der Waals surface area contributed by atoms with Gasteiger partial charge in [-0.05, 0) is 30.5 Å². The molecule has 0 radical (unpaired) electrons. The summed E-state index contributed by atoms with van der Waals surface area (Å²) in [6.45, 7) is 2.31. The molecule has 1 aromatic carbocycles. The summed E-state index contributed by atoms with van der Waals surface area (Å²) < 4.78 is 4.98. The molecule has 1 aromatic rings. The fourth-order valence-electron chi connectivity index (χ4n) is 1.40. The first-order valence-corrected chi connectivity index (χ1v) is 5.79. The van der Waals surface area contributed by atoms with Crippen molar-refractivity contribution in [3.63, 3.8) is 0 Å². The van der Waals surface area contributed by atoms with E-state index in [1.54, 1.807) is 24.3 Å². The molecule has 0 saturated heterocycles. The molecule has 0 spiro atoms. The molecule has 0 aliphatic heterocycles. The number of aliphatic carboxylic acids is 1. The average molecular weight is 251 g/mol. The topological polar surface area (TPSA) is 89.6 Å². The number of hydrogen-bond acceptors (Lipinski definition) is 4. The second kappa shape index (κ2) is 6.76. The van der Waals surface area contributed by atoms with E-state index in [9.17, 15) is 9.59 Å². The maximum absolute atomic E-state index is 11.5. The van der Waals surface area contributed by atoms with Crippen LogP contribution in [-0.2, 0) is 16.0 Å². The van der Waals surface area contributed by atoms with Crippen LogP contribution >= 0.6 is 0 Å². The molecule has 5 nitrogen and oxygen atoms in total. The van der Waals surface area contributed by atoms with Gasteiger partial charge in [-0.25, -0.2) is 4.79 Å². The molecule has 18 heavy (non-hydrogen) atoms. The number of rotatable bonds is 6. The van der Waals surface area contributed by atoms with Gasteiger partial charge in [0.05, 0.1) is 12.2 Å². The lowest BCUT2D eigenvalue weighted by Gasteiger charge is -2.07. The van der Waals surface area contributed by atoms with Gasteiger partial charge >= 0.3 is 11.9 Å². The van der Waals surface area contributed by atoms with Crippen molar-refractivity contribution in [2.24, 2.45) is 5.73 Å². The molecule has 0 aromatic heterocycles. The van der Waals surface area contributed by atoms with Crippen molar-refractivity contribution in [1.29, 1.82) is 0 Å². The summed E-state index contributed by atoms with van der Waals surface area (Å²) >= 11 is 0. The Morgan fingerprint density at radius 2 is 1.94 bits per heavy atom. The standard InChI is InChI=1S/C13H17NO4/c1-2-7-18-13(17)10-5-3-9(4-6-10)8-11(14)12(15)16/h3-6,11H,2,7-8,14H2,1H3,(H,15,16). The van der Waals surface area contributed by atoms with Crippen molar-refractivity contribution in [1.82, 2.24) is 0 Å². The van der Waals surface area contributed by atoms with E-state index in [-0.39, 0.29) is 12.4 Å². The SMILES string of the molecule is CCCOC(=O)c1ccc(CC(N)C(=O)O)cc1. The van der Waals surface area contributed by atoms with Crippen molar-refractivity contribution >= 4 is 11.9 Å². The number of carboxylic acids is 1. The fraction of sp³-hybridized carbons (Fsp3) is 0.385. The third-order valence-corrected chi connectivity index (χ3v) is 2.40. The van der Waals surface area contributed by atoms with Crippen LogP contribution in [-0.4, -0.2) is 29.7 Å². The Hall–Kier alpha value is -1.88. The van der Waals surface area contributed by atoms with Crippen molar-refractivity contribution < 1.29 is 19.4 Å². The third-order valence-electron chi connectivity index (χ3n) is 2.40. The Bertz CT molecular complexity index is 414. The molecule has 1 rings (SSSR count). The second-order valence-corrected chi connectivity index (χ2v) is 3.98. The molecule has 1 atom stereocenters. The average Bonchev–Trinajstić information content (AvgIpc) is 2.36. The van der Waals surface area contributed by atoms with Crippen LogP contribution in [0.2, 0.25) is 0 Å². The van der Waals surface area contributed by atoms with Crippen molar-refractivity contribution in [2.45, 2.75) is 25.8 Å². The van der Waals surface area contributed by atoms with Gasteiger partial charge in [0, 0.05) is 0 Å². The number of hydrogen-bond donors (Lipinski definition) is 2. The van der Waals surface area contributed by atoms with Crippen molar-refractivity contribution in [3.8, 4) is 0 Å². The molecular weight excluding hydrogens is 234 g/mol. The minimum Gasteiger partial charge on any atom is -0.480 e. The van der Waals surface area contributed by atoms with Gasteiger partial charge in [-0.1, -0.05) is 19.1 Å². The van der Waals surface area contributed by atoms with Crippen LogP contribution < -0.4 is 5.73 Å². The third kappa shape index (κ3) is 4.18. The molecule has 0 saturated carbocycles. The monoisotopic (exact) mass is 251 g/mol. The first kappa shape index (κ1) is 14.2. The Labute approximate surface area is 106 Å². The zero-order chi connectivity index (χ0) is 13.5. The second-order valence-electron chi connectivity index (χ2n) is 3.98. The molecule has 98 valence electrons. The highest BCUT2D eigenvalue weighted by Gasteiger charge is 2.12. The molecule has 5 heteroatoms. The van der Waals surface area contributed by atoms with Crippen LogP contribution in [0, 0.1) is 0 Å². The Kier molecular flexibility index (Phi) is 5.32. The van der Waals surface area contributed by atoms with Crippen LogP contribution in [0.25, 0.3) is 0 Å². The van der Waals surface area contributed by atoms with Gasteiger partial charge in [0.2, 0.25) is 0 Å². The number of esters is 1. The lowest BCUT2D eigenvalue weighted by Crippen LogP contribution is -2.32. The first-order chi connectivity index (χ1) is 8.54. The van der Waals surface area contributed by atoms with E-state index in [0.717, 1.165) is 12.0 Å². The van der Waals surface area contributed by atoms with Gasteiger partial charge in [0.1, 0.15) is 6.04 Å². The zero-order valence-electron chi connectivity index (χ0n) is 10.3. The van der Waals surface area contributed by atoms with Crippen LogP contribution in [0.1, 0.15) is 29.3 Å². The normalized spacial score (nSPS) is 11.9. The van der Waals surface area contributed by atoms with E-state index in [2.05, 4.69) is 0 Å². The molecule has 0 aliphatic rings. The van der Waals surface area contributed by atoms with Crippen LogP contribution in [0.3, 0.4) is 0 Å². The summed E-state index contributed by atoms with van der Waals surface area (Å²) in [5.41, 5.74) is 6.65. The zero-order valence-corrected chi connectivity index (χ0v) is 10.3. The van der Waals surface area contributed by atoms with E-state index in [1.807, 2.05) is 6.92 Å². The fourth-order valence-corrected chi connectivity index (χ4v) is 1.40. The predicted octanol–water partition coefficient (Wildman–Crippen LogP) is 1.21. The van der Waals surface area contributed by atoms with E-state index < -0.39 is 12.0 Å². The number of carbonyl (C=O) groups is 2. The van der Waals surface area contributed by atoms with Gasteiger partial charge in [0.15, 0.2) is 0 Å². The van der Waals surface area contributed by atoms with Crippen LogP contribution in [0.5, 0.6) is 0 Å². The molecule has 3 N–H and O–H groups in total. The number of benzene rings is 1. The van der Waals surface area contributed by atoms with Gasteiger partial charge in [-0.15, -0.1) is 0 Å². The highest BCUT2D eigenvalue weighted by molar-refractivity contribution is 5.89. The van der Waals surface area contributed by atoms with Crippen LogP contribution in [0.15, 0.2) is 24.3 Å². The molecule has 0 aliphatic carbocycles. The molecule has 1 unspecified atom stereocenters. The maximum atomic E-state index is 11.5. The quantitative estimate of drug-likeness (QED) is 0.742. The van der Waals surface area contributed by atoms with E-state index in [4.69, 9.17) is 15.6 Å². The highest BCUT2D eigenvalue weighted by Crippen LogP contribution is 2.08. The van der Waals surface area contributed by atoms with Crippen LogP contribution in [0.4, 0.5) is 0 Å². The Morgan fingerprint density at radius 1 is 1.33 bits per heavy atom. The summed E-state index contributed by atoms with van der Waals surface area (Å²) in [4.78, 5) is 22.1. The maximum Gasteiger partial charge on any atom is 0.338 e. The van der Waals surface area contributed by atoms with Gasteiger partial charge in [0.25, 0.3) is 0 Å². The van der Waals surface area contributed by atoms with Crippen molar-refractivity contribution in [2.75, 3.05) is 6.61 Å². The minimum atomic E-state index is -1.04. The molecular formula is C13H17NO4. The Balaban J connectivity index is 2.62. The highest BCUT2D eigenvalue weighted by atomic mass is 16.5. The number of carboxylic acid groups (broad SMARTS) is 1. The lowest BCUT2D eigenvalue weighted by molar-refractivity contribution is -0.138. The largest absolute Gasteiger partial charge is 0.480 e. The Morgan fingerprint density at radius 3 is 2.44 bits per heavy atom. The van der Waals surface area contributed by atoms with Crippen molar-refractivity contribution in [3.05, 3.63) is 35.4 Å². The summed E-state index contributed by atoms with van der Waals surface area (Å²) in [5, 5.41) is 8.68. The smallest absolute Gasteiger partial charge is 0.338 e. The molecule has 0 bridgehead atoms. The summed E-state index contributed by atoms with van der Waals surface area (Å²) in [7, 11) is 0. The van der Waals surface area contributed by atoms with Gasteiger partial charge < -0.3 is 15.6 Å². The first-order valence-electron chi connectivity index (χ1n) is 5.79. The number of carbonyl (C=O) groups excluding carboxylic acids is 1. The van der Waals surface area contributed by atoms with E-state index in [1.165, 1.54) is 0 Å². The van der Waals surface area contributed by atoms with E-state index >= 15 is 0 Å².